The smallest absolute Gasteiger partial charge is 0.127 e. The molecule has 0 bridgehead atoms. The van der Waals surface area contributed by atoms with Crippen molar-refractivity contribution in [3.8, 4) is 11.5 Å². The molecule has 0 fully saturated rings. The Morgan fingerprint density at radius 2 is 0.967 bits per heavy atom. The standard InChI is InChI=1S/C26H40Si4/c1-27(2,3)22-21-25(29(7,8)23-17-13-11-14-18-23)26(28(4,5)6)30(9,10)24-19-15-12-16-20-24/h11-20H,1-10H3/b26-25-. The zero-order valence-electron chi connectivity index (χ0n) is 20.8. The maximum absolute atomic E-state index is 3.90. The molecule has 0 amide bonds. The zero-order chi connectivity index (χ0) is 22.8. The van der Waals surface area contributed by atoms with Crippen LogP contribution in [0.3, 0.4) is 0 Å². The predicted molar refractivity (Wildman–Crippen MR) is 149 cm³/mol. The summed E-state index contributed by atoms with van der Waals surface area (Å²) in [5, 5.41) is 4.57. The molecule has 2 aromatic carbocycles. The summed E-state index contributed by atoms with van der Waals surface area (Å²) in [7, 11) is -6.89. The minimum Gasteiger partial charge on any atom is -0.127 e. The van der Waals surface area contributed by atoms with Gasteiger partial charge in [0.25, 0.3) is 0 Å². The highest BCUT2D eigenvalue weighted by Crippen LogP contribution is 2.33. The minimum atomic E-state index is -1.93. The molecule has 0 spiro atoms. The largest absolute Gasteiger partial charge is 0.129 e. The van der Waals surface area contributed by atoms with Crippen LogP contribution in [-0.2, 0) is 0 Å². The van der Waals surface area contributed by atoms with E-state index in [1.54, 1.807) is 4.82 Å². The van der Waals surface area contributed by atoms with Gasteiger partial charge in [-0.05, 0) is 5.20 Å². The van der Waals surface area contributed by atoms with Crippen molar-refractivity contribution in [1.29, 1.82) is 0 Å². The Bertz CT molecular complexity index is 945. The predicted octanol–water partition coefficient (Wildman–Crippen LogP) is 6.35. The van der Waals surface area contributed by atoms with Crippen LogP contribution >= 0.6 is 0 Å². The van der Waals surface area contributed by atoms with Gasteiger partial charge in [-0.1, -0.05) is 147 Å². The summed E-state index contributed by atoms with van der Waals surface area (Å²) in [5.41, 5.74) is 3.78. The monoisotopic (exact) mass is 464 g/mol. The zero-order valence-corrected chi connectivity index (χ0v) is 24.8. The van der Waals surface area contributed by atoms with E-state index >= 15 is 0 Å². The van der Waals surface area contributed by atoms with Crippen LogP contribution in [0.1, 0.15) is 0 Å². The van der Waals surface area contributed by atoms with E-state index in [1.165, 1.54) is 15.6 Å². The lowest BCUT2D eigenvalue weighted by atomic mass is 10.4. The van der Waals surface area contributed by atoms with Crippen LogP contribution in [0.5, 0.6) is 0 Å². The van der Waals surface area contributed by atoms with E-state index in [2.05, 4.69) is 138 Å². The van der Waals surface area contributed by atoms with Crippen LogP contribution in [0.25, 0.3) is 0 Å². The van der Waals surface area contributed by atoms with E-state index in [4.69, 9.17) is 0 Å². The van der Waals surface area contributed by atoms with Gasteiger partial charge < -0.3 is 0 Å². The van der Waals surface area contributed by atoms with Gasteiger partial charge in [-0.3, -0.25) is 0 Å². The molecule has 0 unspecified atom stereocenters. The lowest BCUT2D eigenvalue weighted by Gasteiger charge is -2.40. The lowest BCUT2D eigenvalue weighted by molar-refractivity contribution is 1.58. The number of allylic oxidation sites excluding steroid dienone is 1. The second kappa shape index (κ2) is 9.00. The molecule has 4 heteroatoms. The van der Waals surface area contributed by atoms with Crippen LogP contribution in [0.2, 0.25) is 65.5 Å². The van der Waals surface area contributed by atoms with Gasteiger partial charge in [-0.2, -0.15) is 0 Å². The fraction of sp³-hybridized carbons (Fsp3) is 0.385. The molecule has 2 rings (SSSR count). The average Bonchev–Trinajstić information content (AvgIpc) is 2.64. The van der Waals surface area contributed by atoms with E-state index < -0.39 is 32.3 Å². The molecule has 0 aliphatic carbocycles. The Morgan fingerprint density at radius 1 is 0.567 bits per heavy atom. The summed E-state index contributed by atoms with van der Waals surface area (Å²) in [6, 6.07) is 22.5. The van der Waals surface area contributed by atoms with Crippen LogP contribution < -0.4 is 10.4 Å². The van der Waals surface area contributed by atoms with Gasteiger partial charge in [0.2, 0.25) is 0 Å². The highest BCUT2D eigenvalue weighted by molar-refractivity contribution is 7.13. The number of benzene rings is 2. The Morgan fingerprint density at radius 3 is 1.33 bits per heavy atom. The fourth-order valence-electron chi connectivity index (χ4n) is 4.40. The third-order valence-corrected chi connectivity index (χ3v) is 19.7. The van der Waals surface area contributed by atoms with Crippen molar-refractivity contribution in [2.75, 3.05) is 0 Å². The SMILES string of the molecule is C[Si](C)(C)C#C/C(=C(\[Si](C)(C)C)[Si](C)(C)c1ccccc1)[Si](C)(C)c1ccccc1. The molecular formula is C26H40Si4. The second-order valence-electron chi connectivity index (χ2n) is 11.5. The first kappa shape index (κ1) is 24.9. The van der Waals surface area contributed by atoms with Crippen LogP contribution in [0.4, 0.5) is 0 Å². The molecule has 0 heterocycles. The summed E-state index contributed by atoms with van der Waals surface area (Å²) in [5.74, 6) is 3.90. The number of hydrogen-bond acceptors (Lipinski definition) is 0. The van der Waals surface area contributed by atoms with Crippen LogP contribution in [0.15, 0.2) is 70.7 Å². The van der Waals surface area contributed by atoms with E-state index in [1.807, 2.05) is 0 Å². The third-order valence-electron chi connectivity index (χ3n) is 5.80. The molecule has 0 saturated carbocycles. The first-order valence-electron chi connectivity index (χ1n) is 11.1. The van der Waals surface area contributed by atoms with Gasteiger partial charge in [-0.25, -0.2) is 0 Å². The summed E-state index contributed by atoms with van der Waals surface area (Å²) in [4.78, 5) is 1.77. The molecule has 0 aliphatic rings. The Hall–Kier alpha value is -1.39. The molecule has 0 aliphatic heterocycles. The van der Waals surface area contributed by atoms with Crippen molar-refractivity contribution in [3.05, 3.63) is 70.7 Å². The quantitative estimate of drug-likeness (QED) is 0.357. The van der Waals surface area contributed by atoms with Crippen molar-refractivity contribution >= 4 is 42.7 Å². The van der Waals surface area contributed by atoms with E-state index in [-0.39, 0.29) is 0 Å². The van der Waals surface area contributed by atoms with Crippen molar-refractivity contribution in [2.45, 2.75) is 65.5 Å². The summed E-state index contributed by atoms with van der Waals surface area (Å²) in [6.45, 7) is 24.8. The highest BCUT2D eigenvalue weighted by Gasteiger charge is 2.42. The molecule has 160 valence electrons. The van der Waals surface area contributed by atoms with Crippen LogP contribution in [-0.4, -0.2) is 32.3 Å². The third kappa shape index (κ3) is 5.85. The van der Waals surface area contributed by atoms with Gasteiger partial charge >= 0.3 is 0 Å². The van der Waals surface area contributed by atoms with E-state index in [0.717, 1.165) is 0 Å². The highest BCUT2D eigenvalue weighted by atomic mass is 28.4. The van der Waals surface area contributed by atoms with Gasteiger partial charge in [0.05, 0.1) is 8.07 Å². The van der Waals surface area contributed by atoms with Crippen LogP contribution in [0, 0.1) is 11.5 Å². The second-order valence-corrected chi connectivity index (χ2v) is 30.4. The average molecular weight is 465 g/mol. The Kier molecular flexibility index (Phi) is 7.46. The molecular weight excluding hydrogens is 425 g/mol. The normalized spacial score (nSPS) is 13.9. The first-order chi connectivity index (χ1) is 13.7. The maximum Gasteiger partial charge on any atom is 0.129 e. The summed E-state index contributed by atoms with van der Waals surface area (Å²) < 4.78 is 0. The topological polar surface area (TPSA) is 0 Å². The molecule has 0 atom stereocenters. The lowest BCUT2D eigenvalue weighted by Crippen LogP contribution is -2.56. The Balaban J connectivity index is 2.95. The van der Waals surface area contributed by atoms with E-state index in [9.17, 15) is 0 Å². The molecule has 0 N–H and O–H groups in total. The molecule has 0 nitrogen and oxygen atoms in total. The molecule has 0 radical (unpaired) electrons. The summed E-state index contributed by atoms with van der Waals surface area (Å²) >= 11 is 0. The molecule has 30 heavy (non-hydrogen) atoms. The van der Waals surface area contributed by atoms with Crippen molar-refractivity contribution < 1.29 is 0 Å². The van der Waals surface area contributed by atoms with Gasteiger partial charge in [0.15, 0.2) is 0 Å². The fourth-order valence-corrected chi connectivity index (χ4v) is 22.0. The first-order valence-corrected chi connectivity index (χ1v) is 24.1. The van der Waals surface area contributed by atoms with Gasteiger partial charge in [0.1, 0.15) is 24.2 Å². The van der Waals surface area contributed by atoms with E-state index in [0.29, 0.717) is 0 Å². The van der Waals surface area contributed by atoms with Crippen molar-refractivity contribution in [3.63, 3.8) is 0 Å². The van der Waals surface area contributed by atoms with Gasteiger partial charge in [0, 0.05) is 0 Å². The van der Waals surface area contributed by atoms with Crippen molar-refractivity contribution in [2.24, 2.45) is 0 Å². The number of rotatable bonds is 5. The minimum absolute atomic E-state index is 1.49. The van der Waals surface area contributed by atoms with Crippen molar-refractivity contribution in [1.82, 2.24) is 0 Å². The van der Waals surface area contributed by atoms with Gasteiger partial charge in [-0.15, -0.1) is 5.54 Å². The summed E-state index contributed by atoms with van der Waals surface area (Å²) in [6.07, 6.45) is 0. The molecule has 2 aromatic rings. The maximum atomic E-state index is 3.90. The number of hydrogen-bond donors (Lipinski definition) is 0. The molecule has 0 saturated heterocycles. The molecule has 0 aromatic heterocycles. The Labute approximate surface area is 189 Å².